The molecule has 0 heterocycles. The summed E-state index contributed by atoms with van der Waals surface area (Å²) >= 11 is 0. The molecule has 0 bridgehead atoms. The average Bonchev–Trinajstić information content (AvgIpc) is 2.46. The zero-order valence-corrected chi connectivity index (χ0v) is 13.1. The summed E-state index contributed by atoms with van der Waals surface area (Å²) in [5.41, 5.74) is 6.49. The second kappa shape index (κ2) is 6.95. The first-order valence-corrected chi connectivity index (χ1v) is 7.35. The number of hydrogen-bond donors (Lipinski definition) is 0. The summed E-state index contributed by atoms with van der Waals surface area (Å²) in [5, 5.41) is 8.90. The maximum absolute atomic E-state index is 8.90. The van der Waals surface area contributed by atoms with Gasteiger partial charge in [-0.3, -0.25) is 0 Å². The Morgan fingerprint density at radius 3 is 2.19 bits per heavy atom. The van der Waals surface area contributed by atoms with E-state index in [1.165, 1.54) is 27.9 Å². The molecule has 108 valence electrons. The molecule has 2 aromatic rings. The first-order chi connectivity index (χ1) is 10.1. The lowest BCUT2D eigenvalue weighted by atomic mass is 9.99. The Hall–Kier alpha value is -2.27. The zero-order chi connectivity index (χ0) is 15.2. The van der Waals surface area contributed by atoms with Gasteiger partial charge in [0.1, 0.15) is 0 Å². The quantitative estimate of drug-likeness (QED) is 0.803. The van der Waals surface area contributed by atoms with E-state index >= 15 is 0 Å². The van der Waals surface area contributed by atoms with Gasteiger partial charge < -0.3 is 4.90 Å². The number of nitrogens with zero attached hydrogens (tertiary/aromatic N) is 2. The topological polar surface area (TPSA) is 27.0 Å². The van der Waals surface area contributed by atoms with Crippen molar-refractivity contribution in [3.05, 3.63) is 64.7 Å². The second-order valence-electron chi connectivity index (χ2n) is 5.54. The first-order valence-electron chi connectivity index (χ1n) is 7.35. The molecule has 0 amide bonds. The number of nitriles is 1. The fourth-order valence-corrected chi connectivity index (χ4v) is 2.77. The van der Waals surface area contributed by atoms with E-state index in [-0.39, 0.29) is 0 Å². The highest BCUT2D eigenvalue weighted by atomic mass is 15.1. The van der Waals surface area contributed by atoms with E-state index in [0.29, 0.717) is 6.42 Å². The Morgan fingerprint density at radius 2 is 1.62 bits per heavy atom. The Kier molecular flexibility index (Phi) is 5.00. The summed E-state index contributed by atoms with van der Waals surface area (Å²) in [7, 11) is 0. The van der Waals surface area contributed by atoms with Crippen LogP contribution in [0.2, 0.25) is 0 Å². The largest absolute Gasteiger partial charge is 0.366 e. The highest BCUT2D eigenvalue weighted by Gasteiger charge is 2.11. The number of para-hydroxylation sites is 1. The Morgan fingerprint density at radius 1 is 1.00 bits per heavy atom. The van der Waals surface area contributed by atoms with Crippen molar-refractivity contribution in [3.8, 4) is 6.07 Å². The van der Waals surface area contributed by atoms with Gasteiger partial charge >= 0.3 is 0 Å². The van der Waals surface area contributed by atoms with E-state index in [0.717, 1.165) is 13.1 Å². The number of aryl methyl sites for hydroxylation is 3. The molecule has 2 rings (SSSR count). The summed E-state index contributed by atoms with van der Waals surface area (Å²) in [5.74, 6) is 0. The summed E-state index contributed by atoms with van der Waals surface area (Å²) in [6, 6.07) is 17.0. The maximum atomic E-state index is 8.90. The van der Waals surface area contributed by atoms with Crippen LogP contribution in [0.15, 0.2) is 42.5 Å². The lowest BCUT2D eigenvalue weighted by Gasteiger charge is -2.26. The van der Waals surface area contributed by atoms with Gasteiger partial charge in [-0.15, -0.1) is 0 Å². The molecule has 0 aromatic heterocycles. The molecular weight excluding hydrogens is 256 g/mol. The zero-order valence-electron chi connectivity index (χ0n) is 13.1. The molecule has 0 aliphatic heterocycles. The van der Waals surface area contributed by atoms with Crippen molar-refractivity contribution in [2.24, 2.45) is 0 Å². The minimum atomic E-state index is 0.541. The normalized spacial score (nSPS) is 10.2. The predicted octanol–water partition coefficient (Wildman–Crippen LogP) is 4.53. The maximum Gasteiger partial charge on any atom is 0.0640 e. The number of hydrogen-bond acceptors (Lipinski definition) is 2. The van der Waals surface area contributed by atoms with Gasteiger partial charge in [0.05, 0.1) is 12.5 Å². The molecule has 0 aliphatic rings. The Balaban J connectivity index is 2.30. The number of benzene rings is 2. The molecule has 0 spiro atoms. The van der Waals surface area contributed by atoms with E-state index in [1.54, 1.807) is 0 Å². The summed E-state index contributed by atoms with van der Waals surface area (Å²) in [6.45, 7) is 8.08. The molecule has 2 nitrogen and oxygen atoms in total. The van der Waals surface area contributed by atoms with Crippen LogP contribution < -0.4 is 4.90 Å². The fourth-order valence-electron chi connectivity index (χ4n) is 2.77. The number of rotatable bonds is 5. The molecular formula is C19H22N2. The van der Waals surface area contributed by atoms with Gasteiger partial charge in [-0.25, -0.2) is 0 Å². The highest BCUT2D eigenvalue weighted by Crippen LogP contribution is 2.22. The molecule has 0 N–H and O–H groups in total. The molecule has 21 heavy (non-hydrogen) atoms. The molecule has 0 aliphatic carbocycles. The lowest BCUT2D eigenvalue weighted by Crippen LogP contribution is -2.24. The molecule has 0 fully saturated rings. The molecule has 0 radical (unpaired) electrons. The average molecular weight is 278 g/mol. The summed E-state index contributed by atoms with van der Waals surface area (Å²) < 4.78 is 0. The molecule has 2 aromatic carbocycles. The molecule has 0 atom stereocenters. The Labute approximate surface area is 127 Å². The van der Waals surface area contributed by atoms with Gasteiger partial charge in [-0.2, -0.15) is 5.26 Å². The fraction of sp³-hybridized carbons (Fsp3) is 0.316. The predicted molar refractivity (Wildman–Crippen MR) is 88.4 cm³/mol. The van der Waals surface area contributed by atoms with Crippen molar-refractivity contribution in [3.63, 3.8) is 0 Å². The number of anilines is 1. The van der Waals surface area contributed by atoms with Crippen LogP contribution >= 0.6 is 0 Å². The van der Waals surface area contributed by atoms with Crippen molar-refractivity contribution < 1.29 is 0 Å². The Bertz CT molecular complexity index is 615. The minimum absolute atomic E-state index is 0.541. The van der Waals surface area contributed by atoms with Crippen molar-refractivity contribution in [2.75, 3.05) is 11.4 Å². The third kappa shape index (κ3) is 3.86. The van der Waals surface area contributed by atoms with E-state index in [2.05, 4.69) is 56.0 Å². The van der Waals surface area contributed by atoms with Crippen LogP contribution in [-0.4, -0.2) is 6.54 Å². The van der Waals surface area contributed by atoms with Gasteiger partial charge in [0.25, 0.3) is 0 Å². The van der Waals surface area contributed by atoms with Crippen LogP contribution in [0.3, 0.4) is 0 Å². The van der Waals surface area contributed by atoms with Crippen LogP contribution in [0.1, 0.15) is 28.7 Å². The SMILES string of the molecule is Cc1cc(C)c(CN(CCC#N)c2ccccc2)c(C)c1. The van der Waals surface area contributed by atoms with Crippen LogP contribution in [0, 0.1) is 32.1 Å². The monoisotopic (exact) mass is 278 g/mol. The van der Waals surface area contributed by atoms with Crippen LogP contribution in [0.5, 0.6) is 0 Å². The standard InChI is InChI=1S/C19H22N2/c1-15-12-16(2)19(17(3)13-15)14-21(11-7-10-20)18-8-5-4-6-9-18/h4-6,8-9,12-13H,7,11,14H2,1-3H3. The third-order valence-electron chi connectivity index (χ3n) is 3.80. The van der Waals surface area contributed by atoms with E-state index in [9.17, 15) is 0 Å². The molecule has 0 saturated carbocycles. The molecule has 0 saturated heterocycles. The van der Waals surface area contributed by atoms with Gasteiger partial charge in [0.2, 0.25) is 0 Å². The van der Waals surface area contributed by atoms with Gasteiger partial charge in [0, 0.05) is 18.8 Å². The van der Waals surface area contributed by atoms with Gasteiger partial charge in [-0.1, -0.05) is 35.9 Å². The van der Waals surface area contributed by atoms with Crippen LogP contribution in [0.4, 0.5) is 5.69 Å². The summed E-state index contributed by atoms with van der Waals surface area (Å²) in [6.07, 6.45) is 0.541. The second-order valence-corrected chi connectivity index (χ2v) is 5.54. The van der Waals surface area contributed by atoms with E-state index < -0.39 is 0 Å². The van der Waals surface area contributed by atoms with E-state index in [1.807, 2.05) is 18.2 Å². The summed E-state index contributed by atoms with van der Waals surface area (Å²) in [4.78, 5) is 2.29. The van der Waals surface area contributed by atoms with Crippen molar-refractivity contribution in [2.45, 2.75) is 33.7 Å². The third-order valence-corrected chi connectivity index (χ3v) is 3.80. The highest BCUT2D eigenvalue weighted by molar-refractivity contribution is 5.48. The van der Waals surface area contributed by atoms with Crippen molar-refractivity contribution in [1.29, 1.82) is 5.26 Å². The van der Waals surface area contributed by atoms with Gasteiger partial charge in [-0.05, 0) is 49.6 Å². The van der Waals surface area contributed by atoms with E-state index in [4.69, 9.17) is 5.26 Å². The van der Waals surface area contributed by atoms with Gasteiger partial charge in [0.15, 0.2) is 0 Å². The van der Waals surface area contributed by atoms with Crippen LogP contribution in [0.25, 0.3) is 0 Å². The molecule has 2 heteroatoms. The van der Waals surface area contributed by atoms with Crippen LogP contribution in [-0.2, 0) is 6.54 Å². The minimum Gasteiger partial charge on any atom is -0.366 e. The smallest absolute Gasteiger partial charge is 0.0640 e. The van der Waals surface area contributed by atoms with Crippen molar-refractivity contribution >= 4 is 5.69 Å². The molecule has 0 unspecified atom stereocenters. The lowest BCUT2D eigenvalue weighted by molar-refractivity contribution is 0.790. The van der Waals surface area contributed by atoms with Crippen molar-refractivity contribution in [1.82, 2.24) is 0 Å². The first kappa shape index (κ1) is 15.1.